The third-order valence-electron chi connectivity index (χ3n) is 7.23. The molecule has 1 aliphatic carbocycles. The summed E-state index contributed by atoms with van der Waals surface area (Å²) in [5.41, 5.74) is 9.28. The molecule has 4 N–H and O–H groups in total. The third kappa shape index (κ3) is 7.57. The second-order valence-electron chi connectivity index (χ2n) is 10.6. The van der Waals surface area contributed by atoms with Crippen LogP contribution in [0.3, 0.4) is 0 Å². The van der Waals surface area contributed by atoms with Crippen LogP contribution in [0.4, 0.5) is 0 Å². The van der Waals surface area contributed by atoms with Crippen molar-refractivity contribution < 1.29 is 9.53 Å². The zero-order valence-corrected chi connectivity index (χ0v) is 21.5. The standard InChI is InChI=1S/C29H43N3O2/c1-22-10-14-25(34-4)18-26(22)28(2,16-17-31-19-24-11-12-24)20-29(3,21-30)32-27(33)15-13-23-8-6-5-7-9-23/h5-10,14,18,24,31H,11-13,15-17,19-21,30H2,1-4H3,(H,32,33). The van der Waals surface area contributed by atoms with E-state index in [2.05, 4.69) is 55.7 Å². The normalized spacial score (nSPS) is 17.0. The van der Waals surface area contributed by atoms with E-state index in [0.717, 1.165) is 44.0 Å². The zero-order valence-electron chi connectivity index (χ0n) is 21.5. The molecule has 0 spiro atoms. The highest BCUT2D eigenvalue weighted by atomic mass is 16.5. The Morgan fingerprint density at radius 2 is 1.88 bits per heavy atom. The Morgan fingerprint density at radius 3 is 2.53 bits per heavy atom. The van der Waals surface area contributed by atoms with Gasteiger partial charge in [0.25, 0.3) is 0 Å². The number of carbonyl (C=O) groups is 1. The quantitative estimate of drug-likeness (QED) is 0.359. The van der Waals surface area contributed by atoms with Crippen molar-refractivity contribution in [1.29, 1.82) is 0 Å². The number of rotatable bonds is 14. The summed E-state index contributed by atoms with van der Waals surface area (Å²) in [4.78, 5) is 12.9. The number of nitrogens with one attached hydrogen (secondary N) is 2. The number of aryl methyl sites for hydroxylation is 2. The number of ether oxygens (including phenoxy) is 1. The van der Waals surface area contributed by atoms with Gasteiger partial charge < -0.3 is 21.1 Å². The summed E-state index contributed by atoms with van der Waals surface area (Å²) in [6, 6.07) is 16.4. The summed E-state index contributed by atoms with van der Waals surface area (Å²) in [6.45, 7) is 8.96. The Balaban J connectivity index is 1.74. The third-order valence-corrected chi connectivity index (χ3v) is 7.23. The lowest BCUT2D eigenvalue weighted by molar-refractivity contribution is -0.123. The second kappa shape index (κ2) is 11.9. The summed E-state index contributed by atoms with van der Waals surface area (Å²) in [5, 5.41) is 6.94. The van der Waals surface area contributed by atoms with Crippen LogP contribution in [0, 0.1) is 12.8 Å². The van der Waals surface area contributed by atoms with Gasteiger partial charge >= 0.3 is 0 Å². The molecule has 34 heavy (non-hydrogen) atoms. The van der Waals surface area contributed by atoms with Gasteiger partial charge in [-0.05, 0) is 99.2 Å². The minimum Gasteiger partial charge on any atom is -0.497 e. The van der Waals surface area contributed by atoms with Gasteiger partial charge in [-0.2, -0.15) is 0 Å². The van der Waals surface area contributed by atoms with Gasteiger partial charge in [-0.15, -0.1) is 0 Å². The first-order chi connectivity index (χ1) is 16.3. The largest absolute Gasteiger partial charge is 0.497 e. The van der Waals surface area contributed by atoms with Crippen molar-refractivity contribution in [3.05, 3.63) is 65.2 Å². The smallest absolute Gasteiger partial charge is 0.220 e. The van der Waals surface area contributed by atoms with Crippen molar-refractivity contribution in [2.75, 3.05) is 26.7 Å². The highest BCUT2D eigenvalue weighted by molar-refractivity contribution is 5.77. The number of hydrogen-bond acceptors (Lipinski definition) is 4. The summed E-state index contributed by atoms with van der Waals surface area (Å²) >= 11 is 0. The maximum absolute atomic E-state index is 12.9. The molecular weight excluding hydrogens is 422 g/mol. The van der Waals surface area contributed by atoms with Crippen LogP contribution in [0.1, 0.15) is 62.6 Å². The van der Waals surface area contributed by atoms with E-state index in [-0.39, 0.29) is 11.3 Å². The van der Waals surface area contributed by atoms with Gasteiger partial charge in [-0.1, -0.05) is 43.3 Å². The molecule has 0 aliphatic heterocycles. The molecule has 1 saturated carbocycles. The van der Waals surface area contributed by atoms with Gasteiger partial charge in [0, 0.05) is 13.0 Å². The first-order valence-corrected chi connectivity index (χ1v) is 12.7. The summed E-state index contributed by atoms with van der Waals surface area (Å²) in [6.07, 6.45) is 5.59. The van der Waals surface area contributed by atoms with Gasteiger partial charge in [0.05, 0.1) is 12.6 Å². The minimum absolute atomic E-state index is 0.0494. The van der Waals surface area contributed by atoms with Crippen LogP contribution < -0.4 is 21.1 Å². The lowest BCUT2D eigenvalue weighted by atomic mass is 9.69. The number of nitrogens with two attached hydrogens (primary N) is 1. The van der Waals surface area contributed by atoms with Crippen LogP contribution in [0.5, 0.6) is 5.75 Å². The van der Waals surface area contributed by atoms with Crippen LogP contribution >= 0.6 is 0 Å². The average molecular weight is 466 g/mol. The topological polar surface area (TPSA) is 76.4 Å². The monoisotopic (exact) mass is 465 g/mol. The Labute approximate surface area is 205 Å². The molecule has 2 unspecified atom stereocenters. The summed E-state index contributed by atoms with van der Waals surface area (Å²) < 4.78 is 5.56. The molecule has 1 fully saturated rings. The molecule has 5 heteroatoms. The van der Waals surface area contributed by atoms with E-state index in [1.54, 1.807) is 7.11 Å². The maximum atomic E-state index is 12.9. The highest BCUT2D eigenvalue weighted by Gasteiger charge is 2.38. The number of benzene rings is 2. The van der Waals surface area contributed by atoms with Crippen molar-refractivity contribution in [3.63, 3.8) is 0 Å². The van der Waals surface area contributed by atoms with Gasteiger partial charge in [-0.25, -0.2) is 0 Å². The molecule has 2 aromatic rings. The fourth-order valence-electron chi connectivity index (χ4n) is 5.02. The van der Waals surface area contributed by atoms with Gasteiger partial charge in [0.2, 0.25) is 5.91 Å². The predicted octanol–water partition coefficient (Wildman–Crippen LogP) is 4.51. The molecule has 0 radical (unpaired) electrons. The average Bonchev–Trinajstić information content (AvgIpc) is 3.66. The van der Waals surface area contributed by atoms with Crippen LogP contribution in [-0.2, 0) is 16.6 Å². The van der Waals surface area contributed by atoms with Crippen molar-refractivity contribution in [3.8, 4) is 5.75 Å². The maximum Gasteiger partial charge on any atom is 0.220 e. The minimum atomic E-state index is -0.505. The van der Waals surface area contributed by atoms with Crippen molar-refractivity contribution >= 4 is 5.91 Å². The molecular formula is C29H43N3O2. The van der Waals surface area contributed by atoms with Crippen LogP contribution in [0.2, 0.25) is 0 Å². The SMILES string of the molecule is COc1ccc(C)c(C(C)(CCNCC2CC2)CC(C)(CN)NC(=O)CCc2ccccc2)c1. The predicted molar refractivity (Wildman–Crippen MR) is 140 cm³/mol. The van der Waals surface area contributed by atoms with Crippen molar-refractivity contribution in [1.82, 2.24) is 10.6 Å². The molecule has 1 amide bonds. The van der Waals surface area contributed by atoms with E-state index in [1.807, 2.05) is 24.3 Å². The lowest BCUT2D eigenvalue weighted by Crippen LogP contribution is -2.55. The van der Waals surface area contributed by atoms with Crippen LogP contribution in [0.15, 0.2) is 48.5 Å². The number of methoxy groups -OCH3 is 1. The van der Waals surface area contributed by atoms with Gasteiger partial charge in [-0.3, -0.25) is 4.79 Å². The van der Waals surface area contributed by atoms with Gasteiger partial charge in [0.15, 0.2) is 0 Å². The molecule has 0 saturated heterocycles. The highest BCUT2D eigenvalue weighted by Crippen LogP contribution is 2.39. The lowest BCUT2D eigenvalue weighted by Gasteiger charge is -2.41. The Bertz CT molecular complexity index is 928. The number of hydrogen-bond donors (Lipinski definition) is 3. The Hall–Kier alpha value is -2.37. The van der Waals surface area contributed by atoms with Crippen LogP contribution in [-0.4, -0.2) is 38.2 Å². The van der Waals surface area contributed by atoms with E-state index in [0.29, 0.717) is 13.0 Å². The van der Waals surface area contributed by atoms with Gasteiger partial charge in [0.1, 0.15) is 5.75 Å². The molecule has 1 aliphatic rings. The first-order valence-electron chi connectivity index (χ1n) is 12.7. The van der Waals surface area contributed by atoms with E-state index in [4.69, 9.17) is 10.5 Å². The van der Waals surface area contributed by atoms with Crippen molar-refractivity contribution in [2.24, 2.45) is 11.7 Å². The molecule has 0 bridgehead atoms. The summed E-state index contributed by atoms with van der Waals surface area (Å²) in [7, 11) is 1.71. The Morgan fingerprint density at radius 1 is 1.15 bits per heavy atom. The number of amides is 1. The molecule has 2 aromatic carbocycles. The van der Waals surface area contributed by atoms with E-state index in [1.165, 1.54) is 29.5 Å². The second-order valence-corrected chi connectivity index (χ2v) is 10.6. The molecule has 0 aromatic heterocycles. The molecule has 2 atom stereocenters. The first kappa shape index (κ1) is 26.2. The van der Waals surface area contributed by atoms with E-state index >= 15 is 0 Å². The fourth-order valence-corrected chi connectivity index (χ4v) is 5.02. The Kier molecular flexibility index (Phi) is 9.15. The van der Waals surface area contributed by atoms with E-state index < -0.39 is 5.54 Å². The zero-order chi connectivity index (χ0) is 24.6. The van der Waals surface area contributed by atoms with Crippen LogP contribution in [0.25, 0.3) is 0 Å². The number of carbonyl (C=O) groups excluding carboxylic acids is 1. The molecule has 3 rings (SSSR count). The fraction of sp³-hybridized carbons (Fsp3) is 0.552. The molecule has 186 valence electrons. The van der Waals surface area contributed by atoms with Crippen molar-refractivity contribution in [2.45, 2.75) is 70.3 Å². The molecule has 0 heterocycles. The molecule has 5 nitrogen and oxygen atoms in total. The summed E-state index contributed by atoms with van der Waals surface area (Å²) in [5.74, 6) is 1.76. The van der Waals surface area contributed by atoms with E-state index in [9.17, 15) is 4.79 Å².